The number of hydrogen-bond donors (Lipinski definition) is 2. The first-order valence-electron chi connectivity index (χ1n) is 8.55. The molecule has 1 aliphatic heterocycles. The van der Waals surface area contributed by atoms with Crippen molar-refractivity contribution in [1.29, 1.82) is 0 Å². The van der Waals surface area contributed by atoms with Gasteiger partial charge in [0.1, 0.15) is 5.75 Å². The topological polar surface area (TPSA) is 67.4 Å². The minimum Gasteiger partial charge on any atom is -0.454 e. The molecule has 0 radical (unpaired) electrons. The lowest BCUT2D eigenvalue weighted by molar-refractivity contribution is -0.111. The third-order valence-corrected chi connectivity index (χ3v) is 4.36. The number of anilines is 2. The maximum atomic E-state index is 12.6. The van der Waals surface area contributed by atoms with E-state index in [0.29, 0.717) is 33.5 Å². The van der Waals surface area contributed by atoms with Gasteiger partial charge in [-0.15, -0.1) is 0 Å². The third-order valence-electron chi connectivity index (χ3n) is 4.13. The zero-order valence-corrected chi connectivity index (χ0v) is 15.4. The summed E-state index contributed by atoms with van der Waals surface area (Å²) in [4.78, 5) is 24.7. The number of nitrogens with one attached hydrogen (secondary N) is 2. The first kappa shape index (κ1) is 17.8. The first-order chi connectivity index (χ1) is 13.6. The van der Waals surface area contributed by atoms with Gasteiger partial charge in [0.15, 0.2) is 5.75 Å². The Morgan fingerprint density at radius 3 is 2.61 bits per heavy atom. The quantitative estimate of drug-likeness (QED) is 0.592. The Bertz CT molecular complexity index is 1090. The normalized spacial score (nSPS) is 12.4. The van der Waals surface area contributed by atoms with Crippen molar-refractivity contribution in [2.75, 3.05) is 10.6 Å². The molecule has 6 heteroatoms. The second kappa shape index (κ2) is 7.58. The summed E-state index contributed by atoms with van der Waals surface area (Å²) in [6.07, 6.45) is 3.16. The van der Waals surface area contributed by atoms with Crippen LogP contribution in [0.2, 0.25) is 5.02 Å². The molecule has 2 N–H and O–H groups in total. The van der Waals surface area contributed by atoms with Gasteiger partial charge in [0.05, 0.1) is 11.3 Å². The molecule has 138 valence electrons. The number of benzene rings is 3. The summed E-state index contributed by atoms with van der Waals surface area (Å²) < 4.78 is 5.82. The van der Waals surface area contributed by atoms with E-state index < -0.39 is 0 Å². The zero-order valence-electron chi connectivity index (χ0n) is 14.6. The molecule has 0 aliphatic carbocycles. The van der Waals surface area contributed by atoms with Crippen molar-refractivity contribution in [2.45, 2.75) is 0 Å². The smallest absolute Gasteiger partial charge is 0.259 e. The molecule has 0 saturated heterocycles. The lowest BCUT2D eigenvalue weighted by Gasteiger charge is -2.09. The highest BCUT2D eigenvalue weighted by Crippen LogP contribution is 2.37. The number of carbonyl (C=O) groups is 2. The maximum absolute atomic E-state index is 12.6. The number of ether oxygens (including phenoxy) is 1. The summed E-state index contributed by atoms with van der Waals surface area (Å²) in [5.41, 5.74) is 2.22. The van der Waals surface area contributed by atoms with Crippen LogP contribution in [0.25, 0.3) is 6.08 Å². The van der Waals surface area contributed by atoms with Gasteiger partial charge in [0.2, 0.25) is 5.91 Å². The molecular formula is C22H15ClN2O3. The predicted molar refractivity (Wildman–Crippen MR) is 110 cm³/mol. The van der Waals surface area contributed by atoms with E-state index in [1.165, 1.54) is 6.08 Å². The average Bonchev–Trinajstić information content (AvgIpc) is 2.83. The van der Waals surface area contributed by atoms with Crippen molar-refractivity contribution in [3.05, 3.63) is 89.0 Å². The second-order valence-electron chi connectivity index (χ2n) is 6.14. The molecule has 0 spiro atoms. The Balaban J connectivity index is 1.54. The van der Waals surface area contributed by atoms with Crippen LogP contribution in [0.15, 0.2) is 72.8 Å². The van der Waals surface area contributed by atoms with Crippen molar-refractivity contribution in [1.82, 2.24) is 0 Å². The molecule has 0 bridgehead atoms. The number of rotatable bonds is 3. The minimum absolute atomic E-state index is 0.297. The van der Waals surface area contributed by atoms with Gasteiger partial charge in [0.25, 0.3) is 5.91 Å². The van der Waals surface area contributed by atoms with Gasteiger partial charge in [0, 0.05) is 16.8 Å². The summed E-state index contributed by atoms with van der Waals surface area (Å²) in [5, 5.41) is 6.02. The fraction of sp³-hybridized carbons (Fsp3) is 0. The van der Waals surface area contributed by atoms with Crippen molar-refractivity contribution in [2.24, 2.45) is 0 Å². The fourth-order valence-corrected chi connectivity index (χ4v) is 2.96. The monoisotopic (exact) mass is 390 g/mol. The van der Waals surface area contributed by atoms with Crippen LogP contribution in [-0.2, 0) is 4.79 Å². The molecule has 5 nitrogen and oxygen atoms in total. The number of fused-ring (bicyclic) bond motifs is 2. The Morgan fingerprint density at radius 1 is 1.00 bits per heavy atom. The van der Waals surface area contributed by atoms with Crippen LogP contribution in [-0.4, -0.2) is 11.8 Å². The number of amides is 2. The molecule has 0 fully saturated rings. The van der Waals surface area contributed by atoms with E-state index in [2.05, 4.69) is 10.6 Å². The molecule has 4 rings (SSSR count). The van der Waals surface area contributed by atoms with Gasteiger partial charge in [-0.3, -0.25) is 9.59 Å². The average molecular weight is 391 g/mol. The van der Waals surface area contributed by atoms with Gasteiger partial charge < -0.3 is 15.4 Å². The van der Waals surface area contributed by atoms with Crippen molar-refractivity contribution in [3.63, 3.8) is 0 Å². The molecule has 3 aromatic rings. The van der Waals surface area contributed by atoms with Gasteiger partial charge in [-0.2, -0.15) is 0 Å². The number of carbonyl (C=O) groups excluding carboxylic acids is 2. The first-order valence-corrected chi connectivity index (χ1v) is 8.93. The molecule has 28 heavy (non-hydrogen) atoms. The molecule has 2 amide bonds. The van der Waals surface area contributed by atoms with Crippen LogP contribution >= 0.6 is 11.6 Å². The van der Waals surface area contributed by atoms with Crippen LogP contribution < -0.4 is 15.4 Å². The van der Waals surface area contributed by atoms with Crippen molar-refractivity contribution in [3.8, 4) is 11.5 Å². The summed E-state index contributed by atoms with van der Waals surface area (Å²) in [6, 6.07) is 19.4. The molecule has 0 atom stereocenters. The molecular weight excluding hydrogens is 376 g/mol. The third kappa shape index (κ3) is 3.89. The standard InChI is InChI=1S/C22H15ClN2O3/c23-15-7-9-20-18(12-15)25-22(27)17-13-16(8-10-19(17)28-20)24-21(26)11-6-14-4-2-1-3-5-14/h1-13H,(H,24,26)(H,25,27)/b11-6+. The summed E-state index contributed by atoms with van der Waals surface area (Å²) in [6.45, 7) is 0. The van der Waals surface area contributed by atoms with E-state index in [4.69, 9.17) is 16.3 Å². The highest BCUT2D eigenvalue weighted by atomic mass is 35.5. The molecule has 1 aliphatic rings. The fourth-order valence-electron chi connectivity index (χ4n) is 2.79. The number of hydrogen-bond acceptors (Lipinski definition) is 3. The highest BCUT2D eigenvalue weighted by molar-refractivity contribution is 6.31. The molecule has 0 saturated carbocycles. The maximum Gasteiger partial charge on any atom is 0.259 e. The van der Waals surface area contributed by atoms with E-state index in [-0.39, 0.29) is 11.8 Å². The molecule has 3 aromatic carbocycles. The van der Waals surface area contributed by atoms with Gasteiger partial charge in [-0.25, -0.2) is 0 Å². The number of halogens is 1. The lowest BCUT2D eigenvalue weighted by atomic mass is 10.1. The van der Waals surface area contributed by atoms with E-state index in [1.54, 1.807) is 42.5 Å². The minimum atomic E-state index is -0.341. The van der Waals surface area contributed by atoms with Crippen LogP contribution in [0.4, 0.5) is 11.4 Å². The molecule has 0 unspecified atom stereocenters. The van der Waals surface area contributed by atoms with Crippen LogP contribution in [0.1, 0.15) is 15.9 Å². The predicted octanol–water partition coefficient (Wildman–Crippen LogP) is 5.35. The lowest BCUT2D eigenvalue weighted by Crippen LogP contribution is -2.12. The Kier molecular flexibility index (Phi) is 4.83. The Hall–Kier alpha value is -3.57. The van der Waals surface area contributed by atoms with E-state index in [1.807, 2.05) is 30.3 Å². The van der Waals surface area contributed by atoms with E-state index >= 15 is 0 Å². The highest BCUT2D eigenvalue weighted by Gasteiger charge is 2.21. The SMILES string of the molecule is O=C(/C=C/c1ccccc1)Nc1ccc2c(c1)C(=O)Nc1cc(Cl)ccc1O2. The largest absolute Gasteiger partial charge is 0.454 e. The van der Waals surface area contributed by atoms with E-state index in [9.17, 15) is 9.59 Å². The van der Waals surface area contributed by atoms with Crippen LogP contribution in [0.5, 0.6) is 11.5 Å². The van der Waals surface area contributed by atoms with Crippen molar-refractivity contribution < 1.29 is 14.3 Å². The summed E-state index contributed by atoms with van der Waals surface area (Å²) in [7, 11) is 0. The molecule has 1 heterocycles. The second-order valence-corrected chi connectivity index (χ2v) is 6.58. The molecule has 0 aromatic heterocycles. The Labute approximate surface area is 166 Å². The van der Waals surface area contributed by atoms with Crippen molar-refractivity contribution >= 4 is 40.9 Å². The van der Waals surface area contributed by atoms with Crippen LogP contribution in [0, 0.1) is 0 Å². The summed E-state index contributed by atoms with van der Waals surface area (Å²) in [5.74, 6) is 0.260. The van der Waals surface area contributed by atoms with Gasteiger partial charge >= 0.3 is 0 Å². The van der Waals surface area contributed by atoms with Gasteiger partial charge in [-0.05, 0) is 48.0 Å². The summed E-state index contributed by atoms with van der Waals surface area (Å²) >= 11 is 5.98. The Morgan fingerprint density at radius 2 is 1.79 bits per heavy atom. The van der Waals surface area contributed by atoms with E-state index in [0.717, 1.165) is 5.56 Å². The zero-order chi connectivity index (χ0) is 19.5. The van der Waals surface area contributed by atoms with Crippen LogP contribution in [0.3, 0.4) is 0 Å². The van der Waals surface area contributed by atoms with Gasteiger partial charge in [-0.1, -0.05) is 41.9 Å².